The SMILES string of the molecule is O=C(CCCn1cncn1)NCc1nc(-c2ccccc2)n[nH]1. The van der Waals surface area contributed by atoms with Crippen molar-refractivity contribution in [1.82, 2.24) is 35.3 Å². The molecule has 0 aliphatic rings. The number of aromatic nitrogens is 6. The molecule has 2 heterocycles. The van der Waals surface area contributed by atoms with Crippen molar-refractivity contribution >= 4 is 5.91 Å². The summed E-state index contributed by atoms with van der Waals surface area (Å²) < 4.78 is 1.70. The molecule has 1 aromatic carbocycles. The molecule has 23 heavy (non-hydrogen) atoms. The molecule has 2 aromatic heterocycles. The van der Waals surface area contributed by atoms with Crippen molar-refractivity contribution in [2.75, 3.05) is 0 Å². The molecule has 0 aliphatic heterocycles. The Morgan fingerprint density at radius 3 is 2.91 bits per heavy atom. The third-order valence-corrected chi connectivity index (χ3v) is 3.27. The van der Waals surface area contributed by atoms with Gasteiger partial charge in [0, 0.05) is 18.5 Å². The minimum absolute atomic E-state index is 0.0252. The standard InChI is InChI=1S/C15H17N7O/c23-14(7-4-8-22-11-16-10-18-22)17-9-13-19-15(21-20-13)12-5-2-1-3-6-12/h1-3,5-6,10-11H,4,7-9H2,(H,17,23)(H,19,20,21). The zero-order valence-corrected chi connectivity index (χ0v) is 12.5. The molecular weight excluding hydrogens is 294 g/mol. The molecule has 0 fully saturated rings. The lowest BCUT2D eigenvalue weighted by Crippen LogP contribution is -2.23. The maximum Gasteiger partial charge on any atom is 0.220 e. The molecule has 0 bridgehead atoms. The first-order valence-electron chi connectivity index (χ1n) is 7.37. The third kappa shape index (κ3) is 4.22. The smallest absolute Gasteiger partial charge is 0.220 e. The van der Waals surface area contributed by atoms with Crippen molar-refractivity contribution in [2.24, 2.45) is 0 Å². The molecule has 2 N–H and O–H groups in total. The Morgan fingerprint density at radius 2 is 2.13 bits per heavy atom. The summed E-state index contributed by atoms with van der Waals surface area (Å²) in [6.45, 7) is 1.01. The second-order valence-electron chi connectivity index (χ2n) is 5.01. The second-order valence-corrected chi connectivity index (χ2v) is 5.01. The fourth-order valence-corrected chi connectivity index (χ4v) is 2.11. The fraction of sp³-hybridized carbons (Fsp3) is 0.267. The number of nitrogens with zero attached hydrogens (tertiary/aromatic N) is 5. The minimum Gasteiger partial charge on any atom is -0.349 e. The van der Waals surface area contributed by atoms with Gasteiger partial charge in [0.25, 0.3) is 0 Å². The Balaban J connectivity index is 1.43. The van der Waals surface area contributed by atoms with Gasteiger partial charge in [0.05, 0.1) is 6.54 Å². The van der Waals surface area contributed by atoms with Gasteiger partial charge in [0.1, 0.15) is 18.5 Å². The van der Waals surface area contributed by atoms with Crippen molar-refractivity contribution in [1.29, 1.82) is 0 Å². The van der Waals surface area contributed by atoms with Gasteiger partial charge in [0.2, 0.25) is 5.91 Å². The molecule has 3 aromatic rings. The third-order valence-electron chi connectivity index (χ3n) is 3.27. The molecule has 0 atom stereocenters. The average molecular weight is 311 g/mol. The van der Waals surface area contributed by atoms with Crippen LogP contribution in [0.5, 0.6) is 0 Å². The van der Waals surface area contributed by atoms with Crippen LogP contribution in [0, 0.1) is 0 Å². The van der Waals surface area contributed by atoms with Crippen LogP contribution in [0.4, 0.5) is 0 Å². The molecule has 8 nitrogen and oxygen atoms in total. The highest BCUT2D eigenvalue weighted by atomic mass is 16.1. The van der Waals surface area contributed by atoms with Gasteiger partial charge in [-0.2, -0.15) is 10.2 Å². The quantitative estimate of drug-likeness (QED) is 0.682. The van der Waals surface area contributed by atoms with Crippen LogP contribution in [-0.4, -0.2) is 35.9 Å². The van der Waals surface area contributed by atoms with E-state index >= 15 is 0 Å². The summed E-state index contributed by atoms with van der Waals surface area (Å²) in [5, 5.41) is 13.8. The number of aryl methyl sites for hydroxylation is 1. The monoisotopic (exact) mass is 311 g/mol. The highest BCUT2D eigenvalue weighted by molar-refractivity contribution is 5.75. The number of nitrogens with one attached hydrogen (secondary N) is 2. The zero-order valence-electron chi connectivity index (χ0n) is 12.5. The molecule has 8 heteroatoms. The van der Waals surface area contributed by atoms with Crippen LogP contribution in [0.1, 0.15) is 18.7 Å². The number of aromatic amines is 1. The Hall–Kier alpha value is -3.03. The van der Waals surface area contributed by atoms with E-state index in [4.69, 9.17) is 0 Å². The minimum atomic E-state index is -0.0252. The van der Waals surface area contributed by atoms with Crippen molar-refractivity contribution in [3.8, 4) is 11.4 Å². The van der Waals surface area contributed by atoms with E-state index in [2.05, 4.69) is 30.6 Å². The van der Waals surface area contributed by atoms with Crippen LogP contribution >= 0.6 is 0 Å². The highest BCUT2D eigenvalue weighted by Gasteiger charge is 2.07. The number of carbonyl (C=O) groups excluding carboxylic acids is 1. The van der Waals surface area contributed by atoms with Crippen molar-refractivity contribution in [3.05, 3.63) is 48.8 Å². The fourth-order valence-electron chi connectivity index (χ4n) is 2.11. The van der Waals surface area contributed by atoms with Crippen LogP contribution in [0.15, 0.2) is 43.0 Å². The van der Waals surface area contributed by atoms with Gasteiger partial charge in [-0.3, -0.25) is 14.6 Å². The lowest BCUT2D eigenvalue weighted by molar-refractivity contribution is -0.121. The average Bonchev–Trinajstić information content (AvgIpc) is 3.25. The van der Waals surface area contributed by atoms with Crippen molar-refractivity contribution in [2.45, 2.75) is 25.9 Å². The molecule has 0 saturated carbocycles. The summed E-state index contributed by atoms with van der Waals surface area (Å²) in [5.41, 5.74) is 0.939. The van der Waals surface area contributed by atoms with Gasteiger partial charge in [-0.1, -0.05) is 30.3 Å². The van der Waals surface area contributed by atoms with Crippen molar-refractivity contribution in [3.63, 3.8) is 0 Å². The van der Waals surface area contributed by atoms with Crippen molar-refractivity contribution < 1.29 is 4.79 Å². The normalized spacial score (nSPS) is 10.6. The van der Waals surface area contributed by atoms with Gasteiger partial charge in [0.15, 0.2) is 5.82 Å². The lowest BCUT2D eigenvalue weighted by Gasteiger charge is -2.03. The van der Waals surface area contributed by atoms with Crippen LogP contribution in [0.2, 0.25) is 0 Å². The predicted molar refractivity (Wildman–Crippen MR) is 82.9 cm³/mol. The lowest BCUT2D eigenvalue weighted by atomic mass is 10.2. The Morgan fingerprint density at radius 1 is 1.26 bits per heavy atom. The number of rotatable bonds is 7. The summed E-state index contributed by atoms with van der Waals surface area (Å²) in [7, 11) is 0. The Labute approximate surface area is 133 Å². The maximum atomic E-state index is 11.8. The Kier molecular flexibility index (Phi) is 4.72. The number of hydrogen-bond donors (Lipinski definition) is 2. The molecule has 118 valence electrons. The summed E-state index contributed by atoms with van der Waals surface area (Å²) in [6.07, 6.45) is 4.26. The molecule has 0 radical (unpaired) electrons. The second kappa shape index (κ2) is 7.30. The van der Waals surface area contributed by atoms with E-state index in [0.717, 1.165) is 5.56 Å². The molecule has 0 spiro atoms. The van der Waals surface area contributed by atoms with E-state index < -0.39 is 0 Å². The van der Waals surface area contributed by atoms with Gasteiger partial charge in [-0.25, -0.2) is 9.97 Å². The van der Waals surface area contributed by atoms with Gasteiger partial charge >= 0.3 is 0 Å². The van der Waals surface area contributed by atoms with E-state index in [-0.39, 0.29) is 5.91 Å². The molecule has 3 rings (SSSR count). The largest absolute Gasteiger partial charge is 0.349 e. The van der Waals surface area contributed by atoms with E-state index in [9.17, 15) is 4.79 Å². The summed E-state index contributed by atoms with van der Waals surface area (Å²) >= 11 is 0. The topological polar surface area (TPSA) is 101 Å². The number of H-pyrrole nitrogens is 1. The summed E-state index contributed by atoms with van der Waals surface area (Å²) in [4.78, 5) is 20.0. The van der Waals surface area contributed by atoms with Gasteiger partial charge in [-0.15, -0.1) is 0 Å². The van der Waals surface area contributed by atoms with Gasteiger partial charge < -0.3 is 5.32 Å². The number of carbonyl (C=O) groups is 1. The van der Waals surface area contributed by atoms with Crippen LogP contribution < -0.4 is 5.32 Å². The highest BCUT2D eigenvalue weighted by Crippen LogP contribution is 2.13. The van der Waals surface area contributed by atoms with Crippen LogP contribution in [0.3, 0.4) is 0 Å². The molecule has 0 unspecified atom stereocenters. The predicted octanol–water partition coefficient (Wildman–Crippen LogP) is 1.16. The number of amides is 1. The first-order valence-corrected chi connectivity index (χ1v) is 7.37. The zero-order chi connectivity index (χ0) is 15.9. The maximum absolute atomic E-state index is 11.8. The molecule has 1 amide bonds. The van der Waals surface area contributed by atoms with Crippen LogP contribution in [0.25, 0.3) is 11.4 Å². The van der Waals surface area contributed by atoms with Gasteiger partial charge in [-0.05, 0) is 6.42 Å². The van der Waals surface area contributed by atoms with E-state index in [1.54, 1.807) is 11.0 Å². The first-order chi connectivity index (χ1) is 11.3. The molecule has 0 aliphatic carbocycles. The number of benzene rings is 1. The van der Waals surface area contributed by atoms with Crippen LogP contribution in [-0.2, 0) is 17.9 Å². The van der Waals surface area contributed by atoms with E-state index in [1.807, 2.05) is 30.3 Å². The van der Waals surface area contributed by atoms with E-state index in [0.29, 0.717) is 37.6 Å². The Bertz CT molecular complexity index is 736. The summed E-state index contributed by atoms with van der Waals surface area (Å²) in [6, 6.07) is 9.69. The summed E-state index contributed by atoms with van der Waals surface area (Å²) in [5.74, 6) is 1.23. The molecular formula is C15H17N7O. The number of hydrogen-bond acceptors (Lipinski definition) is 5. The molecule has 0 saturated heterocycles. The van der Waals surface area contributed by atoms with E-state index in [1.165, 1.54) is 6.33 Å². The first kappa shape index (κ1) is 14.9.